The van der Waals surface area contributed by atoms with Crippen molar-refractivity contribution in [3.05, 3.63) is 65.4 Å². The van der Waals surface area contributed by atoms with E-state index in [0.29, 0.717) is 11.3 Å². The zero-order chi connectivity index (χ0) is 16.6. The van der Waals surface area contributed by atoms with Crippen LogP contribution in [-0.2, 0) is 10.0 Å². The molecule has 3 rings (SSSR count). The summed E-state index contributed by atoms with van der Waals surface area (Å²) in [4.78, 5) is 12.7. The van der Waals surface area contributed by atoms with E-state index in [1.165, 1.54) is 32.4 Å². The molecule has 0 bridgehead atoms. The minimum atomic E-state index is -3.74. The Kier molecular flexibility index (Phi) is 3.69. The number of allylic oxidation sites excluding steroid dienone is 1. The fraction of sp³-hybridized carbons (Fsp3) is 0.118. The van der Waals surface area contributed by atoms with Gasteiger partial charge in [0.05, 0.1) is 12.0 Å². The molecule has 0 N–H and O–H groups in total. The number of benzene rings is 2. The summed E-state index contributed by atoms with van der Waals surface area (Å²) in [6.07, 6.45) is 1.54. The number of carbonyl (C=O) groups excluding carboxylic acids is 1. The summed E-state index contributed by atoms with van der Waals surface area (Å²) in [6.45, 7) is 0. The number of para-hydroxylation sites is 1. The second-order valence-corrected chi connectivity index (χ2v) is 7.01. The van der Waals surface area contributed by atoms with E-state index < -0.39 is 10.0 Å². The monoisotopic (exact) mass is 329 g/mol. The standard InChI is InChI=1S/C17H15NO4S/c1-18-14(11-12-7-3-5-9-15(12)22-2)17(19)13-8-4-6-10-16(13)23(18,20)21/h3-11H,1-2H3. The topological polar surface area (TPSA) is 63.7 Å². The van der Waals surface area contributed by atoms with Crippen molar-refractivity contribution in [1.82, 2.24) is 4.31 Å². The molecule has 0 saturated carbocycles. The summed E-state index contributed by atoms with van der Waals surface area (Å²) in [5, 5.41) is 0. The summed E-state index contributed by atoms with van der Waals surface area (Å²) in [5.74, 6) is 0.237. The van der Waals surface area contributed by atoms with Crippen molar-refractivity contribution in [2.75, 3.05) is 14.2 Å². The number of fused-ring (bicyclic) bond motifs is 1. The van der Waals surface area contributed by atoms with Crippen molar-refractivity contribution in [2.24, 2.45) is 0 Å². The molecule has 6 heteroatoms. The number of hydrogen-bond acceptors (Lipinski definition) is 4. The number of rotatable bonds is 2. The molecule has 1 heterocycles. The first-order chi connectivity index (χ1) is 11.0. The molecule has 0 aliphatic carbocycles. The number of nitrogens with zero attached hydrogens (tertiary/aromatic N) is 1. The molecule has 0 unspecified atom stereocenters. The van der Waals surface area contributed by atoms with Crippen LogP contribution < -0.4 is 4.74 Å². The van der Waals surface area contributed by atoms with Gasteiger partial charge in [0.2, 0.25) is 5.78 Å². The second kappa shape index (κ2) is 5.55. The molecule has 0 atom stereocenters. The van der Waals surface area contributed by atoms with Crippen molar-refractivity contribution in [1.29, 1.82) is 0 Å². The van der Waals surface area contributed by atoms with Gasteiger partial charge in [0.25, 0.3) is 10.0 Å². The lowest BCUT2D eigenvalue weighted by atomic mass is 10.1. The SMILES string of the molecule is COc1ccccc1C=C1C(=O)c2ccccc2S(=O)(=O)N1C. The first-order valence-electron chi connectivity index (χ1n) is 6.94. The van der Waals surface area contributed by atoms with Gasteiger partial charge >= 0.3 is 0 Å². The fourth-order valence-electron chi connectivity index (χ4n) is 2.53. The van der Waals surface area contributed by atoms with E-state index in [-0.39, 0.29) is 21.9 Å². The first kappa shape index (κ1) is 15.3. The zero-order valence-corrected chi connectivity index (χ0v) is 13.5. The third kappa shape index (κ3) is 2.41. The van der Waals surface area contributed by atoms with Crippen LogP contribution in [0.3, 0.4) is 0 Å². The highest BCUT2D eigenvalue weighted by molar-refractivity contribution is 7.89. The van der Waals surface area contributed by atoms with E-state index in [0.717, 1.165) is 4.31 Å². The van der Waals surface area contributed by atoms with E-state index in [4.69, 9.17) is 4.74 Å². The molecule has 0 fully saturated rings. The molecule has 0 radical (unpaired) electrons. The van der Waals surface area contributed by atoms with Crippen LogP contribution in [0, 0.1) is 0 Å². The Morgan fingerprint density at radius 3 is 2.43 bits per heavy atom. The molecule has 5 nitrogen and oxygen atoms in total. The minimum absolute atomic E-state index is 0.0321. The van der Waals surface area contributed by atoms with Crippen LogP contribution in [0.2, 0.25) is 0 Å². The molecule has 0 saturated heterocycles. The molecule has 23 heavy (non-hydrogen) atoms. The van der Waals surface area contributed by atoms with Crippen molar-refractivity contribution in [2.45, 2.75) is 4.90 Å². The number of methoxy groups -OCH3 is 1. The molecule has 2 aromatic rings. The molecule has 0 aromatic heterocycles. The van der Waals surface area contributed by atoms with Crippen molar-refractivity contribution in [3.8, 4) is 5.75 Å². The number of Topliss-reactive ketones (excluding diaryl/α,β-unsaturated/α-hetero) is 1. The van der Waals surface area contributed by atoms with Crippen LogP contribution in [0.1, 0.15) is 15.9 Å². The number of sulfonamides is 1. The average molecular weight is 329 g/mol. The Morgan fingerprint density at radius 2 is 1.70 bits per heavy atom. The van der Waals surface area contributed by atoms with Gasteiger partial charge in [-0.2, -0.15) is 0 Å². The molecular weight excluding hydrogens is 314 g/mol. The summed E-state index contributed by atoms with van der Waals surface area (Å²) >= 11 is 0. The van der Waals surface area contributed by atoms with Gasteiger partial charge in [-0.1, -0.05) is 30.3 Å². The van der Waals surface area contributed by atoms with Gasteiger partial charge in [0, 0.05) is 18.2 Å². The lowest BCUT2D eigenvalue weighted by Crippen LogP contribution is -2.36. The predicted molar refractivity (Wildman–Crippen MR) is 86.7 cm³/mol. The third-order valence-electron chi connectivity index (χ3n) is 3.77. The normalized spacial score (nSPS) is 17.9. The highest BCUT2D eigenvalue weighted by Crippen LogP contribution is 2.32. The minimum Gasteiger partial charge on any atom is -0.496 e. The van der Waals surface area contributed by atoms with E-state index in [1.54, 1.807) is 36.4 Å². The van der Waals surface area contributed by atoms with Gasteiger partial charge in [-0.15, -0.1) is 0 Å². The summed E-state index contributed by atoms with van der Waals surface area (Å²) in [7, 11) is -0.836. The van der Waals surface area contributed by atoms with Gasteiger partial charge < -0.3 is 4.74 Å². The van der Waals surface area contributed by atoms with Gasteiger partial charge in [0.1, 0.15) is 11.4 Å². The van der Waals surface area contributed by atoms with Gasteiger partial charge in [0.15, 0.2) is 0 Å². The highest BCUT2D eigenvalue weighted by atomic mass is 32.2. The van der Waals surface area contributed by atoms with Crippen molar-refractivity contribution in [3.63, 3.8) is 0 Å². The van der Waals surface area contributed by atoms with E-state index in [9.17, 15) is 13.2 Å². The molecular formula is C17H15NO4S. The van der Waals surface area contributed by atoms with Gasteiger partial charge in [-0.25, -0.2) is 8.42 Å². The van der Waals surface area contributed by atoms with Crippen LogP contribution >= 0.6 is 0 Å². The first-order valence-corrected chi connectivity index (χ1v) is 8.38. The van der Waals surface area contributed by atoms with Crippen LogP contribution in [0.25, 0.3) is 6.08 Å². The van der Waals surface area contributed by atoms with Crippen molar-refractivity contribution >= 4 is 21.9 Å². The summed E-state index contributed by atoms with van der Waals surface area (Å²) in [5.41, 5.74) is 0.916. The largest absolute Gasteiger partial charge is 0.496 e. The predicted octanol–water partition coefficient (Wildman–Crippen LogP) is 2.55. The van der Waals surface area contributed by atoms with E-state index >= 15 is 0 Å². The fourth-order valence-corrected chi connectivity index (χ4v) is 3.91. The van der Waals surface area contributed by atoms with Crippen LogP contribution in [0.15, 0.2) is 59.1 Å². The highest BCUT2D eigenvalue weighted by Gasteiger charge is 2.36. The maximum absolute atomic E-state index is 12.7. The lowest BCUT2D eigenvalue weighted by molar-refractivity contribution is 0.101. The quantitative estimate of drug-likeness (QED) is 0.794. The third-order valence-corrected chi connectivity index (χ3v) is 5.60. The van der Waals surface area contributed by atoms with Crippen molar-refractivity contribution < 1.29 is 17.9 Å². The summed E-state index contributed by atoms with van der Waals surface area (Å²) in [6, 6.07) is 13.3. The summed E-state index contributed by atoms with van der Waals surface area (Å²) < 4.78 is 31.5. The number of ether oxygens (including phenoxy) is 1. The van der Waals surface area contributed by atoms with Gasteiger partial charge in [-0.05, 0) is 24.3 Å². The van der Waals surface area contributed by atoms with E-state index in [2.05, 4.69) is 0 Å². The second-order valence-electron chi connectivity index (χ2n) is 5.07. The van der Waals surface area contributed by atoms with Crippen LogP contribution in [-0.4, -0.2) is 32.7 Å². The average Bonchev–Trinajstić information content (AvgIpc) is 2.57. The number of likely N-dealkylation sites (N-methyl/N-ethyl adjacent to an activating group) is 1. The maximum atomic E-state index is 12.7. The Hall–Kier alpha value is -2.60. The zero-order valence-electron chi connectivity index (χ0n) is 12.7. The Bertz CT molecular complexity index is 916. The lowest BCUT2D eigenvalue weighted by Gasteiger charge is -2.28. The smallest absolute Gasteiger partial charge is 0.264 e. The molecule has 1 aliphatic rings. The Labute approximate surface area is 134 Å². The molecule has 0 spiro atoms. The Morgan fingerprint density at radius 1 is 1.04 bits per heavy atom. The Balaban J connectivity index is 2.22. The van der Waals surface area contributed by atoms with Crippen LogP contribution in [0.5, 0.6) is 5.75 Å². The molecule has 118 valence electrons. The number of carbonyl (C=O) groups is 1. The van der Waals surface area contributed by atoms with Crippen LogP contribution in [0.4, 0.5) is 0 Å². The molecule has 2 aromatic carbocycles. The molecule has 1 aliphatic heterocycles. The maximum Gasteiger partial charge on any atom is 0.264 e. The van der Waals surface area contributed by atoms with Gasteiger partial charge in [-0.3, -0.25) is 9.10 Å². The van der Waals surface area contributed by atoms with E-state index in [1.807, 2.05) is 0 Å². The molecule has 0 amide bonds. The number of hydrogen-bond donors (Lipinski definition) is 0. The number of ketones is 1.